The molecule has 3 heterocycles. The summed E-state index contributed by atoms with van der Waals surface area (Å²) in [4.78, 5) is 18.0. The Labute approximate surface area is 185 Å². The molecule has 32 heavy (non-hydrogen) atoms. The lowest BCUT2D eigenvalue weighted by Gasteiger charge is -2.11. The monoisotopic (exact) mass is 424 g/mol. The van der Waals surface area contributed by atoms with Crippen molar-refractivity contribution in [2.45, 2.75) is 27.3 Å². The van der Waals surface area contributed by atoms with Crippen molar-refractivity contribution in [3.05, 3.63) is 93.7 Å². The highest BCUT2D eigenvalue weighted by atomic mass is 16.4. The number of aryl methyl sites for hydroxylation is 4. The second-order valence-electron chi connectivity index (χ2n) is 8.15. The number of nitrogens with zero attached hydrogens (tertiary/aromatic N) is 4. The summed E-state index contributed by atoms with van der Waals surface area (Å²) in [5.74, 6) is 1.26. The van der Waals surface area contributed by atoms with Gasteiger partial charge in [-0.1, -0.05) is 48.0 Å². The van der Waals surface area contributed by atoms with Crippen LogP contribution in [0.15, 0.2) is 69.9 Å². The van der Waals surface area contributed by atoms with Crippen molar-refractivity contribution >= 4 is 11.0 Å². The van der Waals surface area contributed by atoms with Gasteiger partial charge >= 0.3 is 0 Å². The molecule has 0 N–H and O–H groups in total. The van der Waals surface area contributed by atoms with Gasteiger partial charge in [0.2, 0.25) is 5.89 Å². The molecule has 160 valence electrons. The molecule has 5 aromatic rings. The first kappa shape index (κ1) is 20.0. The molecular formula is C26H24N4O2. The zero-order valence-electron chi connectivity index (χ0n) is 18.6. The molecule has 0 aliphatic rings. The minimum atomic E-state index is -0.0983. The van der Waals surface area contributed by atoms with E-state index in [9.17, 15) is 4.79 Å². The lowest BCUT2D eigenvalue weighted by molar-refractivity contribution is 0.537. The van der Waals surface area contributed by atoms with Crippen LogP contribution in [-0.4, -0.2) is 19.3 Å². The van der Waals surface area contributed by atoms with E-state index in [0.29, 0.717) is 18.2 Å². The van der Waals surface area contributed by atoms with Crippen molar-refractivity contribution in [1.82, 2.24) is 19.3 Å². The number of aromatic nitrogens is 4. The molecule has 0 amide bonds. The Bertz CT molecular complexity index is 1510. The maximum Gasteiger partial charge on any atom is 0.253 e. The molecule has 0 aliphatic heterocycles. The van der Waals surface area contributed by atoms with Crippen LogP contribution < -0.4 is 5.56 Å². The number of hydrogen-bond donors (Lipinski definition) is 0. The number of pyridine rings is 1. The van der Waals surface area contributed by atoms with E-state index in [2.05, 4.69) is 5.10 Å². The van der Waals surface area contributed by atoms with Crippen LogP contribution >= 0.6 is 0 Å². The molecular weight excluding hydrogens is 400 g/mol. The number of fused-ring (bicyclic) bond motifs is 1. The van der Waals surface area contributed by atoms with E-state index in [1.54, 1.807) is 15.3 Å². The van der Waals surface area contributed by atoms with Gasteiger partial charge in [0, 0.05) is 24.1 Å². The molecule has 2 aromatic carbocycles. The molecule has 0 spiro atoms. The largest absolute Gasteiger partial charge is 0.441 e. The third-order valence-corrected chi connectivity index (χ3v) is 5.80. The van der Waals surface area contributed by atoms with Gasteiger partial charge in [-0.2, -0.15) is 5.10 Å². The molecule has 0 fully saturated rings. The van der Waals surface area contributed by atoms with Gasteiger partial charge in [-0.15, -0.1) is 0 Å². The average Bonchev–Trinajstić information content (AvgIpc) is 3.29. The van der Waals surface area contributed by atoms with Crippen molar-refractivity contribution in [3.63, 3.8) is 0 Å². The summed E-state index contributed by atoms with van der Waals surface area (Å²) in [7, 11) is 1.87. The first-order valence-electron chi connectivity index (χ1n) is 10.6. The van der Waals surface area contributed by atoms with Crippen molar-refractivity contribution in [2.24, 2.45) is 7.05 Å². The van der Waals surface area contributed by atoms with E-state index in [1.807, 2.05) is 82.4 Å². The maximum atomic E-state index is 13.3. The lowest BCUT2D eigenvalue weighted by atomic mass is 10.0. The van der Waals surface area contributed by atoms with Crippen LogP contribution in [0.2, 0.25) is 0 Å². The predicted molar refractivity (Wildman–Crippen MR) is 126 cm³/mol. The van der Waals surface area contributed by atoms with Crippen LogP contribution in [0.5, 0.6) is 0 Å². The molecule has 0 radical (unpaired) electrons. The van der Waals surface area contributed by atoms with Gasteiger partial charge in [-0.3, -0.25) is 14.0 Å². The zero-order valence-corrected chi connectivity index (χ0v) is 18.6. The first-order chi connectivity index (χ1) is 15.4. The van der Waals surface area contributed by atoms with Gasteiger partial charge in [0.05, 0.1) is 12.2 Å². The molecule has 6 nitrogen and oxygen atoms in total. The van der Waals surface area contributed by atoms with Gasteiger partial charge in [0.15, 0.2) is 0 Å². The van der Waals surface area contributed by atoms with E-state index in [-0.39, 0.29) is 5.56 Å². The Kier molecular flexibility index (Phi) is 4.78. The zero-order chi connectivity index (χ0) is 22.4. The highest BCUT2D eigenvalue weighted by Crippen LogP contribution is 2.30. The summed E-state index contributed by atoms with van der Waals surface area (Å²) in [6, 6.07) is 19.7. The van der Waals surface area contributed by atoms with Crippen LogP contribution in [0.4, 0.5) is 0 Å². The Hall–Kier alpha value is -3.93. The SMILES string of the molecule is Cc1cccc(-c2nc(Cn3c(=O)cc(-c4ccccc4)c4c(C)nn(C)c43)c(C)o2)c1. The van der Waals surface area contributed by atoms with Crippen LogP contribution in [0, 0.1) is 20.8 Å². The third kappa shape index (κ3) is 3.34. The summed E-state index contributed by atoms with van der Waals surface area (Å²) < 4.78 is 9.46. The van der Waals surface area contributed by atoms with Crippen molar-refractivity contribution in [3.8, 4) is 22.6 Å². The molecule has 3 aromatic heterocycles. The summed E-state index contributed by atoms with van der Waals surface area (Å²) >= 11 is 0. The van der Waals surface area contributed by atoms with Crippen molar-refractivity contribution < 1.29 is 4.42 Å². The summed E-state index contributed by atoms with van der Waals surface area (Å²) in [5, 5.41) is 5.59. The molecule has 0 aliphatic carbocycles. The topological polar surface area (TPSA) is 65.8 Å². The summed E-state index contributed by atoms with van der Waals surface area (Å²) in [5.41, 5.74) is 6.24. The maximum absolute atomic E-state index is 13.3. The number of hydrogen-bond acceptors (Lipinski definition) is 4. The third-order valence-electron chi connectivity index (χ3n) is 5.80. The normalized spacial score (nSPS) is 11.4. The van der Waals surface area contributed by atoms with Crippen molar-refractivity contribution in [1.29, 1.82) is 0 Å². The van der Waals surface area contributed by atoms with Crippen LogP contribution in [0.1, 0.15) is 22.7 Å². The van der Waals surface area contributed by atoms with E-state index in [1.165, 1.54) is 0 Å². The van der Waals surface area contributed by atoms with Gasteiger partial charge < -0.3 is 4.42 Å². The van der Waals surface area contributed by atoms with Crippen molar-refractivity contribution in [2.75, 3.05) is 0 Å². The number of benzene rings is 2. The second-order valence-corrected chi connectivity index (χ2v) is 8.15. The first-order valence-corrected chi connectivity index (χ1v) is 10.6. The van der Waals surface area contributed by atoms with Crippen LogP contribution in [-0.2, 0) is 13.6 Å². The van der Waals surface area contributed by atoms with Gasteiger partial charge in [-0.25, -0.2) is 4.98 Å². The molecule has 0 atom stereocenters. The van der Waals surface area contributed by atoms with Crippen LogP contribution in [0.3, 0.4) is 0 Å². The molecule has 5 rings (SSSR count). The van der Waals surface area contributed by atoms with E-state index in [0.717, 1.165) is 44.7 Å². The number of oxazole rings is 1. The molecule has 0 saturated carbocycles. The fourth-order valence-electron chi connectivity index (χ4n) is 4.27. The smallest absolute Gasteiger partial charge is 0.253 e. The molecule has 6 heteroatoms. The van der Waals surface area contributed by atoms with E-state index >= 15 is 0 Å². The predicted octanol–water partition coefficient (Wildman–Crippen LogP) is 5.03. The fraction of sp³-hybridized carbons (Fsp3) is 0.192. The van der Waals surface area contributed by atoms with E-state index < -0.39 is 0 Å². The van der Waals surface area contributed by atoms with E-state index in [4.69, 9.17) is 9.40 Å². The van der Waals surface area contributed by atoms with Gasteiger partial charge in [0.25, 0.3) is 5.56 Å². The quantitative estimate of drug-likeness (QED) is 0.406. The highest BCUT2D eigenvalue weighted by molar-refractivity contribution is 5.95. The lowest BCUT2D eigenvalue weighted by Crippen LogP contribution is -2.22. The van der Waals surface area contributed by atoms with Gasteiger partial charge in [-0.05, 0) is 44.0 Å². The minimum Gasteiger partial charge on any atom is -0.441 e. The highest BCUT2D eigenvalue weighted by Gasteiger charge is 2.20. The minimum absolute atomic E-state index is 0.0983. The molecule has 0 bridgehead atoms. The Morgan fingerprint density at radius 3 is 2.44 bits per heavy atom. The number of rotatable bonds is 4. The summed E-state index contributed by atoms with van der Waals surface area (Å²) in [6.07, 6.45) is 0. The molecule has 0 saturated heterocycles. The Morgan fingerprint density at radius 1 is 0.938 bits per heavy atom. The van der Waals surface area contributed by atoms with Crippen LogP contribution in [0.25, 0.3) is 33.6 Å². The van der Waals surface area contributed by atoms with Gasteiger partial charge in [0.1, 0.15) is 17.1 Å². The molecule has 0 unspecified atom stereocenters. The summed E-state index contributed by atoms with van der Waals surface area (Å²) in [6.45, 7) is 6.21. The average molecular weight is 425 g/mol. The standard InChI is InChI=1S/C26H24N4O2/c1-16-9-8-12-20(13-16)25-27-22(18(3)32-25)15-30-23(31)14-21(19-10-6-5-7-11-19)24-17(2)28-29(4)26(24)30/h5-14H,15H2,1-4H3. The second kappa shape index (κ2) is 7.64. The Morgan fingerprint density at radius 2 is 1.69 bits per heavy atom. The fourth-order valence-corrected chi connectivity index (χ4v) is 4.27. The Balaban J connectivity index is 1.65.